The largest absolute Gasteiger partial charge is 0.373 e. The zero-order chi connectivity index (χ0) is 12.1. The Bertz CT molecular complexity index is 328. The van der Waals surface area contributed by atoms with Crippen molar-refractivity contribution in [1.82, 2.24) is 9.88 Å². The average Bonchev–Trinajstić information content (AvgIpc) is 2.82. The Morgan fingerprint density at radius 1 is 1.35 bits per heavy atom. The number of rotatable bonds is 5. The molecule has 0 atom stereocenters. The van der Waals surface area contributed by atoms with Gasteiger partial charge < -0.3 is 10.2 Å². The highest BCUT2D eigenvalue weighted by atomic mass is 15.1. The van der Waals surface area contributed by atoms with Gasteiger partial charge in [-0.15, -0.1) is 0 Å². The second-order valence-electron chi connectivity index (χ2n) is 5.15. The lowest BCUT2D eigenvalue weighted by molar-refractivity contribution is 0.271. The van der Waals surface area contributed by atoms with Gasteiger partial charge in [-0.2, -0.15) is 0 Å². The minimum Gasteiger partial charge on any atom is -0.373 e. The highest BCUT2D eigenvalue weighted by Crippen LogP contribution is 2.25. The second kappa shape index (κ2) is 6.01. The lowest BCUT2D eigenvalue weighted by Gasteiger charge is -2.20. The molecule has 94 valence electrons. The number of aromatic nitrogens is 1. The SMILES string of the molecule is CNc1ccc(CN(C)CC2CCCC2)cn1. The number of hydrogen-bond donors (Lipinski definition) is 1. The van der Waals surface area contributed by atoms with Crippen LogP contribution >= 0.6 is 0 Å². The molecule has 1 aliphatic rings. The molecule has 1 aromatic heterocycles. The predicted octanol–water partition coefficient (Wildman–Crippen LogP) is 2.75. The van der Waals surface area contributed by atoms with Crippen LogP contribution in [0, 0.1) is 5.92 Å². The first-order chi connectivity index (χ1) is 8.28. The topological polar surface area (TPSA) is 28.2 Å². The maximum Gasteiger partial charge on any atom is 0.125 e. The van der Waals surface area contributed by atoms with Crippen LogP contribution in [0.25, 0.3) is 0 Å². The Morgan fingerprint density at radius 3 is 2.71 bits per heavy atom. The standard InChI is InChI=1S/C14H23N3/c1-15-14-8-7-13(9-16-14)11-17(2)10-12-5-3-4-6-12/h7-9,12H,3-6,10-11H2,1-2H3,(H,15,16). The van der Waals surface area contributed by atoms with E-state index in [4.69, 9.17) is 0 Å². The van der Waals surface area contributed by atoms with Crippen molar-refractivity contribution in [3.05, 3.63) is 23.9 Å². The van der Waals surface area contributed by atoms with Crippen molar-refractivity contribution in [2.75, 3.05) is 26.0 Å². The third-order valence-corrected chi connectivity index (χ3v) is 3.58. The van der Waals surface area contributed by atoms with Crippen LogP contribution in [-0.4, -0.2) is 30.5 Å². The molecule has 3 nitrogen and oxygen atoms in total. The molecule has 0 radical (unpaired) electrons. The Labute approximate surface area is 104 Å². The van der Waals surface area contributed by atoms with Crippen molar-refractivity contribution in [3.63, 3.8) is 0 Å². The van der Waals surface area contributed by atoms with Crippen molar-refractivity contribution in [1.29, 1.82) is 0 Å². The first-order valence-electron chi connectivity index (χ1n) is 6.59. The lowest BCUT2D eigenvalue weighted by Crippen LogP contribution is -2.24. The van der Waals surface area contributed by atoms with E-state index in [0.29, 0.717) is 0 Å². The number of hydrogen-bond acceptors (Lipinski definition) is 3. The molecular weight excluding hydrogens is 210 g/mol. The van der Waals surface area contributed by atoms with Gasteiger partial charge in [0.2, 0.25) is 0 Å². The van der Waals surface area contributed by atoms with Gasteiger partial charge in [0.25, 0.3) is 0 Å². The van der Waals surface area contributed by atoms with E-state index in [2.05, 4.69) is 28.3 Å². The van der Waals surface area contributed by atoms with E-state index in [-0.39, 0.29) is 0 Å². The fourth-order valence-corrected chi connectivity index (χ4v) is 2.68. The Hall–Kier alpha value is -1.09. The highest BCUT2D eigenvalue weighted by molar-refractivity contribution is 5.34. The van der Waals surface area contributed by atoms with Crippen LogP contribution in [0.1, 0.15) is 31.2 Å². The van der Waals surface area contributed by atoms with E-state index >= 15 is 0 Å². The molecule has 1 aliphatic carbocycles. The van der Waals surface area contributed by atoms with Gasteiger partial charge in [0.15, 0.2) is 0 Å². The molecule has 0 amide bonds. The highest BCUT2D eigenvalue weighted by Gasteiger charge is 2.16. The molecule has 0 bridgehead atoms. The van der Waals surface area contributed by atoms with E-state index in [0.717, 1.165) is 18.3 Å². The van der Waals surface area contributed by atoms with Crippen molar-refractivity contribution in [2.45, 2.75) is 32.2 Å². The van der Waals surface area contributed by atoms with Crippen molar-refractivity contribution in [2.24, 2.45) is 5.92 Å². The summed E-state index contributed by atoms with van der Waals surface area (Å²) < 4.78 is 0. The van der Waals surface area contributed by atoms with Crippen LogP contribution < -0.4 is 5.32 Å². The molecule has 0 saturated heterocycles. The minimum absolute atomic E-state index is 0.921. The average molecular weight is 233 g/mol. The third-order valence-electron chi connectivity index (χ3n) is 3.58. The molecule has 0 aliphatic heterocycles. The Balaban J connectivity index is 1.81. The fraction of sp³-hybridized carbons (Fsp3) is 0.643. The summed E-state index contributed by atoms with van der Waals surface area (Å²) in [5, 5.41) is 3.04. The van der Waals surface area contributed by atoms with Crippen molar-refractivity contribution >= 4 is 5.82 Å². The Morgan fingerprint density at radius 2 is 2.12 bits per heavy atom. The first-order valence-corrected chi connectivity index (χ1v) is 6.59. The van der Waals surface area contributed by atoms with Crippen molar-refractivity contribution in [3.8, 4) is 0 Å². The van der Waals surface area contributed by atoms with Gasteiger partial charge in [-0.05, 0) is 37.4 Å². The van der Waals surface area contributed by atoms with Gasteiger partial charge in [-0.25, -0.2) is 4.98 Å². The van der Waals surface area contributed by atoms with E-state index in [1.54, 1.807) is 0 Å². The number of pyridine rings is 1. The molecule has 1 fully saturated rings. The van der Waals surface area contributed by atoms with Gasteiger partial charge in [0, 0.05) is 26.3 Å². The summed E-state index contributed by atoms with van der Waals surface area (Å²) in [4.78, 5) is 6.77. The molecule has 0 unspecified atom stereocenters. The van der Waals surface area contributed by atoms with Crippen LogP contribution in [-0.2, 0) is 6.54 Å². The van der Waals surface area contributed by atoms with E-state index in [1.807, 2.05) is 19.3 Å². The maximum atomic E-state index is 4.34. The van der Waals surface area contributed by atoms with Gasteiger partial charge in [-0.1, -0.05) is 18.9 Å². The molecule has 0 aromatic carbocycles. The first kappa shape index (κ1) is 12.4. The fourth-order valence-electron chi connectivity index (χ4n) is 2.68. The Kier molecular flexibility index (Phi) is 4.37. The van der Waals surface area contributed by atoms with E-state index < -0.39 is 0 Å². The zero-order valence-electron chi connectivity index (χ0n) is 10.9. The summed E-state index contributed by atoms with van der Waals surface area (Å²) >= 11 is 0. The van der Waals surface area contributed by atoms with Crippen LogP contribution in [0.3, 0.4) is 0 Å². The molecular formula is C14H23N3. The summed E-state index contributed by atoms with van der Waals surface area (Å²) in [5.74, 6) is 1.86. The molecule has 1 N–H and O–H groups in total. The van der Waals surface area contributed by atoms with Crippen molar-refractivity contribution < 1.29 is 0 Å². The molecule has 2 rings (SSSR count). The molecule has 3 heteroatoms. The molecule has 1 heterocycles. The van der Waals surface area contributed by atoms with Crippen LogP contribution in [0.15, 0.2) is 18.3 Å². The van der Waals surface area contributed by atoms with Gasteiger partial charge >= 0.3 is 0 Å². The summed E-state index contributed by atoms with van der Waals surface area (Å²) in [6.07, 6.45) is 7.66. The molecule has 0 spiro atoms. The van der Waals surface area contributed by atoms with E-state index in [1.165, 1.54) is 37.8 Å². The maximum absolute atomic E-state index is 4.34. The molecule has 1 saturated carbocycles. The van der Waals surface area contributed by atoms with Crippen LogP contribution in [0.4, 0.5) is 5.82 Å². The smallest absolute Gasteiger partial charge is 0.125 e. The summed E-state index contributed by atoms with van der Waals surface area (Å²) in [5.41, 5.74) is 1.30. The summed E-state index contributed by atoms with van der Waals surface area (Å²) in [7, 11) is 4.11. The monoisotopic (exact) mass is 233 g/mol. The second-order valence-corrected chi connectivity index (χ2v) is 5.15. The number of nitrogens with zero attached hydrogens (tertiary/aromatic N) is 2. The van der Waals surface area contributed by atoms with Gasteiger partial charge in [0.05, 0.1) is 0 Å². The summed E-state index contributed by atoms with van der Waals surface area (Å²) in [6, 6.07) is 4.20. The third kappa shape index (κ3) is 3.70. The quantitative estimate of drug-likeness (QED) is 0.847. The van der Waals surface area contributed by atoms with Crippen LogP contribution in [0.5, 0.6) is 0 Å². The molecule has 1 aromatic rings. The van der Waals surface area contributed by atoms with Crippen LogP contribution in [0.2, 0.25) is 0 Å². The zero-order valence-corrected chi connectivity index (χ0v) is 10.9. The van der Waals surface area contributed by atoms with Gasteiger partial charge in [0.1, 0.15) is 5.82 Å². The number of anilines is 1. The molecule has 17 heavy (non-hydrogen) atoms. The van der Waals surface area contributed by atoms with Gasteiger partial charge in [-0.3, -0.25) is 0 Å². The minimum atomic E-state index is 0.921. The normalized spacial score (nSPS) is 16.6. The number of nitrogens with one attached hydrogen (secondary N) is 1. The predicted molar refractivity (Wildman–Crippen MR) is 72.1 cm³/mol. The summed E-state index contributed by atoms with van der Waals surface area (Å²) in [6.45, 7) is 2.24. The lowest BCUT2D eigenvalue weighted by atomic mass is 10.1. The van der Waals surface area contributed by atoms with E-state index in [9.17, 15) is 0 Å².